The van der Waals surface area contributed by atoms with E-state index < -0.39 is 23.5 Å². The average Bonchev–Trinajstić information content (AvgIpc) is 2.30. The highest BCUT2D eigenvalue weighted by atomic mass is 16.5. The monoisotopic (exact) mass is 250 g/mol. The first-order valence-corrected chi connectivity index (χ1v) is 5.58. The van der Waals surface area contributed by atoms with Crippen molar-refractivity contribution < 1.29 is 14.3 Å². The summed E-state index contributed by atoms with van der Waals surface area (Å²) < 4.78 is 5.16. The van der Waals surface area contributed by atoms with Gasteiger partial charge < -0.3 is 15.8 Å². The molecular formula is C13H18N2O3. The quantitative estimate of drug-likeness (QED) is 0.809. The standard InChI is InChI=1S/C13H18N2O3/c1-13(2,12(14)17)15-11(16)10(18-3)9-7-5-4-6-8-9/h4-8,10H,1-3H3,(H2,14,17)(H,15,16)/t10-/m0/s1. The van der Waals surface area contributed by atoms with Crippen LogP contribution in [-0.2, 0) is 14.3 Å². The third-order valence-electron chi connectivity index (χ3n) is 2.63. The Morgan fingerprint density at radius 3 is 2.28 bits per heavy atom. The first-order chi connectivity index (χ1) is 8.38. The van der Waals surface area contributed by atoms with Crippen molar-refractivity contribution in [2.45, 2.75) is 25.5 Å². The highest BCUT2D eigenvalue weighted by Gasteiger charge is 2.30. The lowest BCUT2D eigenvalue weighted by Gasteiger charge is -2.25. The number of benzene rings is 1. The molecule has 0 spiro atoms. The van der Waals surface area contributed by atoms with Crippen LogP contribution in [0.4, 0.5) is 0 Å². The van der Waals surface area contributed by atoms with Gasteiger partial charge in [0.25, 0.3) is 5.91 Å². The molecule has 0 saturated carbocycles. The summed E-state index contributed by atoms with van der Waals surface area (Å²) in [5, 5.41) is 2.57. The minimum Gasteiger partial charge on any atom is -0.368 e. The number of amides is 2. The maximum atomic E-state index is 12.1. The number of nitrogens with one attached hydrogen (secondary N) is 1. The number of primary amides is 1. The molecule has 0 aromatic heterocycles. The first kappa shape index (κ1) is 14.2. The summed E-state index contributed by atoms with van der Waals surface area (Å²) in [5.41, 5.74) is 4.82. The Morgan fingerprint density at radius 1 is 1.28 bits per heavy atom. The van der Waals surface area contributed by atoms with Crippen molar-refractivity contribution >= 4 is 11.8 Å². The Kier molecular flexibility index (Phi) is 4.44. The van der Waals surface area contributed by atoms with E-state index in [2.05, 4.69) is 5.32 Å². The molecule has 0 aliphatic rings. The van der Waals surface area contributed by atoms with Crippen LogP contribution >= 0.6 is 0 Å². The zero-order valence-corrected chi connectivity index (χ0v) is 10.8. The van der Waals surface area contributed by atoms with Crippen LogP contribution in [0.2, 0.25) is 0 Å². The van der Waals surface area contributed by atoms with E-state index in [0.717, 1.165) is 5.56 Å². The van der Waals surface area contributed by atoms with E-state index in [9.17, 15) is 9.59 Å². The molecule has 5 nitrogen and oxygen atoms in total. The molecule has 0 radical (unpaired) electrons. The van der Waals surface area contributed by atoms with Gasteiger partial charge in [0.05, 0.1) is 0 Å². The smallest absolute Gasteiger partial charge is 0.254 e. The summed E-state index contributed by atoms with van der Waals surface area (Å²) in [4.78, 5) is 23.2. The molecule has 0 unspecified atom stereocenters. The Morgan fingerprint density at radius 2 is 1.83 bits per heavy atom. The molecule has 1 aromatic carbocycles. The second-order valence-electron chi connectivity index (χ2n) is 4.50. The van der Waals surface area contributed by atoms with Crippen LogP contribution in [0.5, 0.6) is 0 Å². The summed E-state index contributed by atoms with van der Waals surface area (Å²) in [6.45, 7) is 3.09. The molecule has 2 amide bonds. The molecule has 0 fully saturated rings. The van der Waals surface area contributed by atoms with E-state index in [1.54, 1.807) is 26.0 Å². The number of nitrogens with two attached hydrogens (primary N) is 1. The van der Waals surface area contributed by atoms with Crippen LogP contribution in [-0.4, -0.2) is 24.5 Å². The van der Waals surface area contributed by atoms with Gasteiger partial charge in [-0.2, -0.15) is 0 Å². The summed E-state index contributed by atoms with van der Waals surface area (Å²) >= 11 is 0. The number of methoxy groups -OCH3 is 1. The van der Waals surface area contributed by atoms with Crippen LogP contribution in [0.25, 0.3) is 0 Å². The molecule has 98 valence electrons. The second-order valence-corrected chi connectivity index (χ2v) is 4.50. The van der Waals surface area contributed by atoms with Gasteiger partial charge in [-0.15, -0.1) is 0 Å². The number of hydrogen-bond donors (Lipinski definition) is 2. The lowest BCUT2D eigenvalue weighted by molar-refractivity contribution is -0.137. The third kappa shape index (κ3) is 3.30. The predicted molar refractivity (Wildman–Crippen MR) is 67.6 cm³/mol. The Balaban J connectivity index is 2.85. The highest BCUT2D eigenvalue weighted by Crippen LogP contribution is 2.17. The van der Waals surface area contributed by atoms with Crippen LogP contribution < -0.4 is 11.1 Å². The van der Waals surface area contributed by atoms with Crippen LogP contribution in [0.15, 0.2) is 30.3 Å². The minimum atomic E-state index is -1.11. The van der Waals surface area contributed by atoms with Gasteiger partial charge in [0.2, 0.25) is 5.91 Å². The average molecular weight is 250 g/mol. The molecule has 5 heteroatoms. The van der Waals surface area contributed by atoms with E-state index in [0.29, 0.717) is 0 Å². The normalized spacial score (nSPS) is 12.8. The van der Waals surface area contributed by atoms with Gasteiger partial charge in [-0.3, -0.25) is 9.59 Å². The Labute approximate surface area is 106 Å². The molecule has 1 aromatic rings. The number of carbonyl (C=O) groups is 2. The van der Waals surface area contributed by atoms with Crippen molar-refractivity contribution in [1.29, 1.82) is 0 Å². The van der Waals surface area contributed by atoms with E-state index in [1.807, 2.05) is 18.2 Å². The van der Waals surface area contributed by atoms with Gasteiger partial charge in [0.15, 0.2) is 6.10 Å². The minimum absolute atomic E-state index is 0.396. The molecule has 0 bridgehead atoms. The molecule has 0 saturated heterocycles. The van der Waals surface area contributed by atoms with Crippen molar-refractivity contribution in [2.24, 2.45) is 5.73 Å². The molecule has 0 heterocycles. The zero-order valence-electron chi connectivity index (χ0n) is 10.8. The second kappa shape index (κ2) is 5.64. The van der Waals surface area contributed by atoms with E-state index in [4.69, 9.17) is 10.5 Å². The van der Waals surface area contributed by atoms with Crippen molar-refractivity contribution in [2.75, 3.05) is 7.11 Å². The van der Waals surface area contributed by atoms with Gasteiger partial charge in [0, 0.05) is 7.11 Å². The van der Waals surface area contributed by atoms with Gasteiger partial charge in [0.1, 0.15) is 5.54 Å². The van der Waals surface area contributed by atoms with Gasteiger partial charge >= 0.3 is 0 Å². The van der Waals surface area contributed by atoms with Gasteiger partial charge in [-0.1, -0.05) is 30.3 Å². The molecular weight excluding hydrogens is 232 g/mol. The SMILES string of the molecule is CO[C@H](C(=O)NC(C)(C)C(N)=O)c1ccccc1. The zero-order chi connectivity index (χ0) is 13.8. The van der Waals surface area contributed by atoms with E-state index >= 15 is 0 Å². The summed E-state index contributed by atoms with van der Waals surface area (Å²) in [7, 11) is 1.44. The highest BCUT2D eigenvalue weighted by molar-refractivity contribution is 5.91. The summed E-state index contributed by atoms with van der Waals surface area (Å²) in [6.07, 6.45) is -0.759. The fourth-order valence-corrected chi connectivity index (χ4v) is 1.46. The Bertz CT molecular complexity index is 429. The predicted octanol–water partition coefficient (Wildman–Crippen LogP) is 0.754. The fourth-order valence-electron chi connectivity index (χ4n) is 1.46. The molecule has 18 heavy (non-hydrogen) atoms. The largest absolute Gasteiger partial charge is 0.368 e. The van der Waals surface area contributed by atoms with Crippen molar-refractivity contribution in [3.8, 4) is 0 Å². The molecule has 0 aliphatic carbocycles. The van der Waals surface area contributed by atoms with Crippen molar-refractivity contribution in [1.82, 2.24) is 5.32 Å². The number of rotatable bonds is 5. The van der Waals surface area contributed by atoms with Crippen molar-refractivity contribution in [3.05, 3.63) is 35.9 Å². The topological polar surface area (TPSA) is 81.4 Å². The van der Waals surface area contributed by atoms with Crippen molar-refractivity contribution in [3.63, 3.8) is 0 Å². The van der Waals surface area contributed by atoms with Gasteiger partial charge in [-0.05, 0) is 19.4 Å². The number of hydrogen-bond acceptors (Lipinski definition) is 3. The van der Waals surface area contributed by atoms with Crippen LogP contribution in [0.1, 0.15) is 25.5 Å². The summed E-state index contributed by atoms with van der Waals surface area (Å²) in [6, 6.07) is 9.04. The molecule has 1 atom stereocenters. The van der Waals surface area contributed by atoms with Crippen LogP contribution in [0, 0.1) is 0 Å². The third-order valence-corrected chi connectivity index (χ3v) is 2.63. The molecule has 1 rings (SSSR count). The fraction of sp³-hybridized carbons (Fsp3) is 0.385. The van der Waals surface area contributed by atoms with E-state index in [-0.39, 0.29) is 0 Å². The number of ether oxygens (including phenoxy) is 1. The first-order valence-electron chi connectivity index (χ1n) is 5.58. The Hall–Kier alpha value is -1.88. The maximum absolute atomic E-state index is 12.1. The lowest BCUT2D eigenvalue weighted by Crippen LogP contribution is -2.54. The molecule has 3 N–H and O–H groups in total. The maximum Gasteiger partial charge on any atom is 0.254 e. The molecule has 0 aliphatic heterocycles. The number of carbonyl (C=O) groups excluding carboxylic acids is 2. The van der Waals surface area contributed by atoms with Crippen LogP contribution in [0.3, 0.4) is 0 Å². The van der Waals surface area contributed by atoms with Gasteiger partial charge in [-0.25, -0.2) is 0 Å². The summed E-state index contributed by atoms with van der Waals surface area (Å²) in [5.74, 6) is -0.994. The van der Waals surface area contributed by atoms with E-state index in [1.165, 1.54) is 7.11 Å². The lowest BCUT2D eigenvalue weighted by atomic mass is 10.0.